The van der Waals surface area contributed by atoms with E-state index < -0.39 is 0 Å². The molecule has 1 fully saturated rings. The van der Waals surface area contributed by atoms with E-state index in [1.165, 1.54) is 12.1 Å². The number of ether oxygens (including phenoxy) is 1. The van der Waals surface area contributed by atoms with Gasteiger partial charge in [0.2, 0.25) is 0 Å². The van der Waals surface area contributed by atoms with Crippen LogP contribution in [0, 0.1) is 5.92 Å². The molecule has 6 heteroatoms. The van der Waals surface area contributed by atoms with E-state index in [4.69, 9.17) is 4.74 Å². The van der Waals surface area contributed by atoms with Gasteiger partial charge in [-0.05, 0) is 75.0 Å². The van der Waals surface area contributed by atoms with Crippen LogP contribution in [-0.4, -0.2) is 50.8 Å². The number of nitrogens with one attached hydrogen (secondary N) is 2. The van der Waals surface area contributed by atoms with E-state index in [1.807, 2.05) is 36.4 Å². The number of hydrogen-bond acceptors (Lipinski definition) is 4. The van der Waals surface area contributed by atoms with Crippen LogP contribution < -0.4 is 20.3 Å². The molecule has 29 heavy (non-hydrogen) atoms. The summed E-state index contributed by atoms with van der Waals surface area (Å²) >= 11 is 0. The van der Waals surface area contributed by atoms with Gasteiger partial charge in [-0.25, -0.2) is 4.79 Å². The van der Waals surface area contributed by atoms with Crippen LogP contribution in [0.25, 0.3) is 0 Å². The number of rotatable bonds is 7. The third-order valence-electron chi connectivity index (χ3n) is 5.08. The molecule has 2 aromatic rings. The van der Waals surface area contributed by atoms with Gasteiger partial charge in [0.1, 0.15) is 5.75 Å². The lowest BCUT2D eigenvalue weighted by Gasteiger charge is -2.22. The Bertz CT molecular complexity index is 788. The minimum absolute atomic E-state index is 0.262. The highest BCUT2D eigenvalue weighted by Gasteiger charge is 2.23. The summed E-state index contributed by atoms with van der Waals surface area (Å²) in [5.41, 5.74) is 2.69. The van der Waals surface area contributed by atoms with Crippen molar-refractivity contribution in [2.24, 2.45) is 5.92 Å². The summed E-state index contributed by atoms with van der Waals surface area (Å²) in [7, 11) is 4.26. The smallest absolute Gasteiger partial charge is 0.323 e. The molecule has 1 saturated heterocycles. The molecule has 0 saturated carbocycles. The normalized spacial score (nSPS) is 16.3. The lowest BCUT2D eigenvalue weighted by molar-refractivity contribution is 0.262. The quantitative estimate of drug-likeness (QED) is 0.723. The monoisotopic (exact) mass is 396 g/mol. The van der Waals surface area contributed by atoms with Gasteiger partial charge in [0.15, 0.2) is 0 Å². The van der Waals surface area contributed by atoms with E-state index >= 15 is 0 Å². The second kappa shape index (κ2) is 9.65. The van der Waals surface area contributed by atoms with Gasteiger partial charge < -0.3 is 25.2 Å². The van der Waals surface area contributed by atoms with Gasteiger partial charge in [-0.3, -0.25) is 0 Å². The van der Waals surface area contributed by atoms with Gasteiger partial charge in [-0.1, -0.05) is 13.8 Å². The van der Waals surface area contributed by atoms with Gasteiger partial charge in [0.25, 0.3) is 0 Å². The zero-order valence-corrected chi connectivity index (χ0v) is 17.8. The SMILES string of the molecule is CC(C)COc1ccc(NC(=O)Nc2ccc(N3CCC(N(C)C)C3)cc2)cc1. The van der Waals surface area contributed by atoms with E-state index in [1.54, 1.807) is 0 Å². The van der Waals surface area contributed by atoms with E-state index in [0.29, 0.717) is 18.6 Å². The molecule has 0 bridgehead atoms. The Morgan fingerprint density at radius 1 is 1.07 bits per heavy atom. The van der Waals surface area contributed by atoms with Crippen molar-refractivity contribution in [3.8, 4) is 5.75 Å². The van der Waals surface area contributed by atoms with Gasteiger partial charge in [-0.15, -0.1) is 0 Å². The summed E-state index contributed by atoms with van der Waals surface area (Å²) in [5.74, 6) is 1.28. The van der Waals surface area contributed by atoms with Gasteiger partial charge >= 0.3 is 6.03 Å². The fourth-order valence-corrected chi connectivity index (χ4v) is 3.34. The molecule has 156 valence electrons. The maximum Gasteiger partial charge on any atom is 0.323 e. The van der Waals surface area contributed by atoms with Crippen molar-refractivity contribution >= 4 is 23.1 Å². The van der Waals surface area contributed by atoms with Gasteiger partial charge in [0.05, 0.1) is 6.61 Å². The third-order valence-corrected chi connectivity index (χ3v) is 5.08. The molecule has 6 nitrogen and oxygen atoms in total. The fraction of sp³-hybridized carbons (Fsp3) is 0.435. The first-order chi connectivity index (χ1) is 13.9. The third kappa shape index (κ3) is 6.12. The Labute approximate surface area is 173 Å². The molecular weight excluding hydrogens is 364 g/mol. The Morgan fingerprint density at radius 3 is 2.17 bits per heavy atom. The van der Waals surface area contributed by atoms with Crippen LogP contribution >= 0.6 is 0 Å². The maximum atomic E-state index is 12.3. The first-order valence-electron chi connectivity index (χ1n) is 10.2. The number of nitrogens with zero attached hydrogens (tertiary/aromatic N) is 2. The molecule has 0 radical (unpaired) electrons. The highest BCUT2D eigenvalue weighted by molar-refractivity contribution is 5.99. The number of amides is 2. The highest BCUT2D eigenvalue weighted by Crippen LogP contribution is 2.24. The van der Waals surface area contributed by atoms with Gasteiger partial charge in [0, 0.05) is 36.2 Å². The standard InChI is InChI=1S/C23H32N4O2/c1-17(2)16-29-22-11-7-19(8-12-22)25-23(28)24-18-5-9-20(10-6-18)27-14-13-21(15-27)26(3)4/h5-12,17,21H,13-16H2,1-4H3,(H2,24,25,28). The molecule has 2 aromatic carbocycles. The number of anilines is 3. The highest BCUT2D eigenvalue weighted by atomic mass is 16.5. The fourth-order valence-electron chi connectivity index (χ4n) is 3.34. The number of carbonyl (C=O) groups is 1. The van der Waals surface area contributed by atoms with Crippen molar-refractivity contribution in [1.82, 2.24) is 4.90 Å². The molecule has 1 aliphatic heterocycles. The Hall–Kier alpha value is -2.73. The van der Waals surface area contributed by atoms with Crippen molar-refractivity contribution in [1.29, 1.82) is 0 Å². The van der Waals surface area contributed by atoms with Crippen molar-refractivity contribution in [3.63, 3.8) is 0 Å². The first kappa shape index (κ1) is 21.0. The van der Waals surface area contributed by atoms with Gasteiger partial charge in [-0.2, -0.15) is 0 Å². The summed E-state index contributed by atoms with van der Waals surface area (Å²) in [4.78, 5) is 16.9. The van der Waals surface area contributed by atoms with Crippen LogP contribution in [0.1, 0.15) is 20.3 Å². The van der Waals surface area contributed by atoms with Crippen LogP contribution in [0.15, 0.2) is 48.5 Å². The molecule has 0 aromatic heterocycles. The Balaban J connectivity index is 1.49. The van der Waals surface area contributed by atoms with Crippen LogP contribution in [0.2, 0.25) is 0 Å². The van der Waals surface area contributed by atoms with E-state index in [-0.39, 0.29) is 6.03 Å². The van der Waals surface area contributed by atoms with Crippen LogP contribution in [0.4, 0.5) is 21.9 Å². The summed E-state index contributed by atoms with van der Waals surface area (Å²) < 4.78 is 5.66. The summed E-state index contributed by atoms with van der Waals surface area (Å²) in [6.45, 7) is 7.00. The maximum absolute atomic E-state index is 12.3. The molecule has 1 unspecified atom stereocenters. The van der Waals surface area contributed by atoms with E-state index in [9.17, 15) is 4.79 Å². The molecule has 1 heterocycles. The summed E-state index contributed by atoms with van der Waals surface area (Å²) in [6.07, 6.45) is 1.18. The second-order valence-corrected chi connectivity index (χ2v) is 8.21. The minimum Gasteiger partial charge on any atom is -0.493 e. The second-order valence-electron chi connectivity index (χ2n) is 8.21. The predicted molar refractivity (Wildman–Crippen MR) is 120 cm³/mol. The number of urea groups is 1. The molecule has 0 spiro atoms. The van der Waals surface area contributed by atoms with Crippen molar-refractivity contribution in [2.45, 2.75) is 26.3 Å². The minimum atomic E-state index is -0.262. The lowest BCUT2D eigenvalue weighted by atomic mass is 10.2. The molecule has 1 aliphatic rings. The largest absolute Gasteiger partial charge is 0.493 e. The van der Waals surface area contributed by atoms with Crippen LogP contribution in [0.3, 0.4) is 0 Å². The number of hydrogen-bond donors (Lipinski definition) is 2. The summed E-state index contributed by atoms with van der Waals surface area (Å²) in [6, 6.07) is 15.8. The topological polar surface area (TPSA) is 56.8 Å². The number of benzene rings is 2. The number of carbonyl (C=O) groups excluding carboxylic acids is 1. The average Bonchev–Trinajstić information content (AvgIpc) is 3.18. The molecule has 2 N–H and O–H groups in total. The summed E-state index contributed by atoms with van der Waals surface area (Å²) in [5, 5.41) is 5.73. The van der Waals surface area contributed by atoms with E-state index in [0.717, 1.165) is 30.2 Å². The van der Waals surface area contributed by atoms with Crippen molar-refractivity contribution in [3.05, 3.63) is 48.5 Å². The Kier molecular flexibility index (Phi) is 6.99. The zero-order valence-electron chi connectivity index (χ0n) is 17.8. The zero-order chi connectivity index (χ0) is 20.8. The van der Waals surface area contributed by atoms with E-state index in [2.05, 4.69) is 60.5 Å². The molecular formula is C23H32N4O2. The van der Waals surface area contributed by atoms with Crippen molar-refractivity contribution < 1.29 is 9.53 Å². The Morgan fingerprint density at radius 2 is 1.66 bits per heavy atom. The first-order valence-corrected chi connectivity index (χ1v) is 10.2. The predicted octanol–water partition coefficient (Wildman–Crippen LogP) is 4.51. The molecule has 0 aliphatic carbocycles. The molecule has 3 rings (SSSR count). The van der Waals surface area contributed by atoms with Crippen LogP contribution in [-0.2, 0) is 0 Å². The van der Waals surface area contributed by atoms with Crippen LogP contribution in [0.5, 0.6) is 5.75 Å². The molecule has 1 atom stereocenters. The van der Waals surface area contributed by atoms with Crippen molar-refractivity contribution in [2.75, 3.05) is 49.3 Å². The number of likely N-dealkylation sites (N-methyl/N-ethyl adjacent to an activating group) is 1. The molecule has 2 amide bonds. The average molecular weight is 397 g/mol. The lowest BCUT2D eigenvalue weighted by Crippen LogP contribution is -2.31.